The van der Waals surface area contributed by atoms with Gasteiger partial charge in [-0.1, -0.05) is 29.8 Å². The Bertz CT molecular complexity index is 1010. The molecule has 0 radical (unpaired) electrons. The maximum absolute atomic E-state index is 12.7. The lowest BCUT2D eigenvalue weighted by molar-refractivity contribution is -0.130. The maximum atomic E-state index is 12.7. The number of piperazine rings is 1. The van der Waals surface area contributed by atoms with Crippen molar-refractivity contribution in [2.75, 3.05) is 37.7 Å². The zero-order chi connectivity index (χ0) is 21.6. The molecule has 0 N–H and O–H groups in total. The normalized spacial score (nSPS) is 13.9. The van der Waals surface area contributed by atoms with E-state index in [-0.39, 0.29) is 5.91 Å². The number of carbonyl (C=O) groups is 1. The fourth-order valence-electron chi connectivity index (χ4n) is 3.83. The number of rotatable bonds is 6. The molecule has 0 spiro atoms. The lowest BCUT2D eigenvalue weighted by atomic mass is 10.1. The summed E-state index contributed by atoms with van der Waals surface area (Å²) in [5, 5.41) is 8.83. The summed E-state index contributed by atoms with van der Waals surface area (Å²) in [5.41, 5.74) is 4.10. The van der Waals surface area contributed by atoms with Crippen LogP contribution in [0.3, 0.4) is 0 Å². The zero-order valence-corrected chi connectivity index (χ0v) is 18.1. The van der Waals surface area contributed by atoms with Crippen LogP contribution in [0.25, 0.3) is 11.3 Å². The molecule has 1 amide bonds. The highest BCUT2D eigenvalue weighted by molar-refractivity contribution is 5.79. The number of carbonyl (C=O) groups excluding carboxylic acids is 1. The molecule has 1 saturated heterocycles. The van der Waals surface area contributed by atoms with Crippen LogP contribution in [0.4, 0.5) is 5.82 Å². The van der Waals surface area contributed by atoms with Gasteiger partial charge in [-0.25, -0.2) is 0 Å². The van der Waals surface area contributed by atoms with Crippen molar-refractivity contribution in [1.82, 2.24) is 15.1 Å². The monoisotopic (exact) mass is 416 g/mol. The Labute approximate surface area is 183 Å². The third-order valence-corrected chi connectivity index (χ3v) is 5.51. The number of nitrogens with zero attached hydrogens (tertiary/aromatic N) is 4. The molecule has 2 aromatic carbocycles. The van der Waals surface area contributed by atoms with Crippen LogP contribution >= 0.6 is 0 Å². The molecule has 0 atom stereocenters. The van der Waals surface area contributed by atoms with Gasteiger partial charge in [0.05, 0.1) is 18.7 Å². The molecule has 2 heterocycles. The summed E-state index contributed by atoms with van der Waals surface area (Å²) in [6.07, 6.45) is 0.457. The number of benzene rings is 2. The minimum Gasteiger partial charge on any atom is -0.494 e. The molecule has 31 heavy (non-hydrogen) atoms. The van der Waals surface area contributed by atoms with Crippen LogP contribution in [-0.2, 0) is 11.2 Å². The molecule has 0 aliphatic carbocycles. The molecule has 0 unspecified atom stereocenters. The summed E-state index contributed by atoms with van der Waals surface area (Å²) < 4.78 is 5.49. The lowest BCUT2D eigenvalue weighted by Gasteiger charge is -2.35. The Morgan fingerprint density at radius 1 is 0.968 bits per heavy atom. The number of ether oxygens (including phenoxy) is 1. The van der Waals surface area contributed by atoms with Crippen LogP contribution < -0.4 is 9.64 Å². The van der Waals surface area contributed by atoms with E-state index in [4.69, 9.17) is 4.74 Å². The summed E-state index contributed by atoms with van der Waals surface area (Å²) in [7, 11) is 0. The summed E-state index contributed by atoms with van der Waals surface area (Å²) in [6, 6.07) is 20.0. The number of amides is 1. The van der Waals surface area contributed by atoms with E-state index in [1.165, 1.54) is 5.56 Å². The number of aryl methyl sites for hydroxylation is 1. The zero-order valence-electron chi connectivity index (χ0n) is 18.1. The van der Waals surface area contributed by atoms with Crippen LogP contribution in [0.2, 0.25) is 0 Å². The lowest BCUT2D eigenvalue weighted by Crippen LogP contribution is -2.49. The maximum Gasteiger partial charge on any atom is 0.227 e. The van der Waals surface area contributed by atoms with Gasteiger partial charge in [0.25, 0.3) is 0 Å². The van der Waals surface area contributed by atoms with Gasteiger partial charge in [-0.3, -0.25) is 4.79 Å². The van der Waals surface area contributed by atoms with Gasteiger partial charge in [-0.05, 0) is 55.8 Å². The molecular formula is C25H28N4O2. The second-order valence-electron chi connectivity index (χ2n) is 7.77. The van der Waals surface area contributed by atoms with Crippen molar-refractivity contribution < 1.29 is 9.53 Å². The molecule has 1 aliphatic heterocycles. The van der Waals surface area contributed by atoms with Crippen molar-refractivity contribution in [3.8, 4) is 17.0 Å². The van der Waals surface area contributed by atoms with E-state index in [0.717, 1.165) is 41.5 Å². The van der Waals surface area contributed by atoms with Gasteiger partial charge < -0.3 is 14.5 Å². The molecule has 0 bridgehead atoms. The molecule has 1 aliphatic rings. The smallest absolute Gasteiger partial charge is 0.227 e. The molecule has 6 nitrogen and oxygen atoms in total. The van der Waals surface area contributed by atoms with Gasteiger partial charge in [-0.2, -0.15) is 0 Å². The molecule has 160 valence electrons. The van der Waals surface area contributed by atoms with Crippen LogP contribution in [-0.4, -0.2) is 53.8 Å². The summed E-state index contributed by atoms with van der Waals surface area (Å²) in [4.78, 5) is 16.8. The van der Waals surface area contributed by atoms with E-state index in [1.54, 1.807) is 0 Å². The van der Waals surface area contributed by atoms with Gasteiger partial charge in [-0.15, -0.1) is 10.2 Å². The van der Waals surface area contributed by atoms with Crippen molar-refractivity contribution in [3.63, 3.8) is 0 Å². The van der Waals surface area contributed by atoms with Crippen LogP contribution in [0.15, 0.2) is 60.7 Å². The quantitative estimate of drug-likeness (QED) is 0.613. The topological polar surface area (TPSA) is 58.6 Å². The highest BCUT2D eigenvalue weighted by Gasteiger charge is 2.22. The molecule has 0 saturated carbocycles. The van der Waals surface area contributed by atoms with Gasteiger partial charge >= 0.3 is 0 Å². The summed E-state index contributed by atoms with van der Waals surface area (Å²) in [6.45, 7) is 7.60. The second-order valence-corrected chi connectivity index (χ2v) is 7.77. The number of aromatic nitrogens is 2. The van der Waals surface area contributed by atoms with Gasteiger partial charge in [0, 0.05) is 31.7 Å². The largest absolute Gasteiger partial charge is 0.494 e. The molecule has 6 heteroatoms. The predicted octanol–water partition coefficient (Wildman–Crippen LogP) is 3.74. The molecule has 1 fully saturated rings. The minimum atomic E-state index is 0.183. The molecule has 1 aromatic heterocycles. The van der Waals surface area contributed by atoms with Crippen LogP contribution in [0.1, 0.15) is 18.1 Å². The van der Waals surface area contributed by atoms with E-state index in [1.807, 2.05) is 60.4 Å². The third kappa shape index (κ3) is 5.20. The fraction of sp³-hybridized carbons (Fsp3) is 0.320. The Hall–Kier alpha value is -3.41. The second kappa shape index (κ2) is 9.60. The van der Waals surface area contributed by atoms with E-state index >= 15 is 0 Å². The molecule has 3 aromatic rings. The van der Waals surface area contributed by atoms with Crippen molar-refractivity contribution in [2.24, 2.45) is 0 Å². The number of hydrogen-bond donors (Lipinski definition) is 0. The highest BCUT2D eigenvalue weighted by atomic mass is 16.5. The Balaban J connectivity index is 1.33. The average Bonchev–Trinajstić information content (AvgIpc) is 2.80. The van der Waals surface area contributed by atoms with Crippen LogP contribution in [0.5, 0.6) is 5.75 Å². The molecular weight excluding hydrogens is 388 g/mol. The standard InChI is InChI=1S/C25H28N4O2/c1-3-31-22-9-7-21(8-10-22)23-11-12-24(27-26-23)28-13-15-29(16-14-28)25(30)18-20-6-4-5-19(2)17-20/h4-12,17H,3,13-16,18H2,1-2H3. The average molecular weight is 417 g/mol. The Morgan fingerprint density at radius 2 is 1.74 bits per heavy atom. The van der Waals surface area contributed by atoms with E-state index < -0.39 is 0 Å². The summed E-state index contributed by atoms with van der Waals surface area (Å²) >= 11 is 0. The highest BCUT2D eigenvalue weighted by Crippen LogP contribution is 2.22. The van der Waals surface area contributed by atoms with Gasteiger partial charge in [0.15, 0.2) is 5.82 Å². The van der Waals surface area contributed by atoms with E-state index in [0.29, 0.717) is 26.1 Å². The van der Waals surface area contributed by atoms with E-state index in [9.17, 15) is 4.79 Å². The van der Waals surface area contributed by atoms with Crippen LogP contribution in [0, 0.1) is 6.92 Å². The van der Waals surface area contributed by atoms with E-state index in [2.05, 4.69) is 34.2 Å². The van der Waals surface area contributed by atoms with Crippen molar-refractivity contribution in [2.45, 2.75) is 20.3 Å². The fourth-order valence-corrected chi connectivity index (χ4v) is 3.83. The Kier molecular flexibility index (Phi) is 6.46. The summed E-state index contributed by atoms with van der Waals surface area (Å²) in [5.74, 6) is 1.88. The SMILES string of the molecule is CCOc1ccc(-c2ccc(N3CCN(C(=O)Cc4cccc(C)c4)CC3)nn2)cc1. The van der Waals surface area contributed by atoms with Gasteiger partial charge in [0.2, 0.25) is 5.91 Å². The third-order valence-electron chi connectivity index (χ3n) is 5.51. The van der Waals surface area contributed by atoms with Gasteiger partial charge in [0.1, 0.15) is 5.75 Å². The first-order chi connectivity index (χ1) is 15.1. The Morgan fingerprint density at radius 3 is 2.39 bits per heavy atom. The van der Waals surface area contributed by atoms with Crippen molar-refractivity contribution in [1.29, 1.82) is 0 Å². The molecule has 4 rings (SSSR count). The predicted molar refractivity (Wildman–Crippen MR) is 122 cm³/mol. The van der Waals surface area contributed by atoms with Crippen molar-refractivity contribution >= 4 is 11.7 Å². The number of anilines is 1. The first kappa shape index (κ1) is 20.8. The first-order valence-electron chi connectivity index (χ1n) is 10.8. The minimum absolute atomic E-state index is 0.183. The number of hydrogen-bond acceptors (Lipinski definition) is 5. The van der Waals surface area contributed by atoms with Crippen molar-refractivity contribution in [3.05, 3.63) is 71.8 Å². The first-order valence-corrected chi connectivity index (χ1v) is 10.8.